The first-order valence-electron chi connectivity index (χ1n) is 8.61. The van der Waals surface area contributed by atoms with Gasteiger partial charge in [-0.3, -0.25) is 9.78 Å². The standard InChI is InChI=1S/C18H21N5O/c24-18(16-7-1-2-9-19-16)23-10-4-5-13(11-23)22-17-14-6-3-8-15(14)20-12-21-17/h1-2,7,9,12-13H,3-6,8,10-11H2,(H,20,21,22)/t13-/m0/s1. The lowest BCUT2D eigenvalue weighted by atomic mass is 10.0. The Morgan fingerprint density at radius 1 is 1.17 bits per heavy atom. The first-order chi connectivity index (χ1) is 11.8. The monoisotopic (exact) mass is 323 g/mol. The maximum Gasteiger partial charge on any atom is 0.272 e. The van der Waals surface area contributed by atoms with Crippen LogP contribution in [0.2, 0.25) is 0 Å². The van der Waals surface area contributed by atoms with Gasteiger partial charge in [0.2, 0.25) is 0 Å². The predicted octanol–water partition coefficient (Wildman–Crippen LogP) is 2.08. The van der Waals surface area contributed by atoms with Gasteiger partial charge in [0, 0.05) is 36.6 Å². The van der Waals surface area contributed by atoms with Gasteiger partial charge in [0.1, 0.15) is 17.8 Å². The van der Waals surface area contributed by atoms with Gasteiger partial charge in [0.25, 0.3) is 5.91 Å². The third kappa shape index (κ3) is 2.96. The summed E-state index contributed by atoms with van der Waals surface area (Å²) in [6, 6.07) is 5.68. The minimum Gasteiger partial charge on any atom is -0.365 e. The molecule has 0 spiro atoms. The summed E-state index contributed by atoms with van der Waals surface area (Å²) in [7, 11) is 0. The molecule has 1 fully saturated rings. The van der Waals surface area contributed by atoms with Gasteiger partial charge in [0.15, 0.2) is 0 Å². The predicted molar refractivity (Wildman–Crippen MR) is 90.8 cm³/mol. The largest absolute Gasteiger partial charge is 0.365 e. The van der Waals surface area contributed by atoms with Crippen LogP contribution in [-0.2, 0) is 12.8 Å². The Bertz CT molecular complexity index is 733. The smallest absolute Gasteiger partial charge is 0.272 e. The van der Waals surface area contributed by atoms with Gasteiger partial charge in [-0.25, -0.2) is 9.97 Å². The fourth-order valence-electron chi connectivity index (χ4n) is 3.61. The topological polar surface area (TPSA) is 71.0 Å². The molecule has 0 bridgehead atoms. The molecule has 0 radical (unpaired) electrons. The Labute approximate surface area is 141 Å². The Kier molecular flexibility index (Phi) is 4.11. The lowest BCUT2D eigenvalue weighted by Crippen LogP contribution is -2.45. The Morgan fingerprint density at radius 3 is 3.00 bits per heavy atom. The maximum absolute atomic E-state index is 12.6. The number of nitrogens with zero attached hydrogens (tertiary/aromatic N) is 4. The normalized spacial score (nSPS) is 19.8. The van der Waals surface area contributed by atoms with Crippen LogP contribution in [0.4, 0.5) is 5.82 Å². The number of fused-ring (bicyclic) bond motifs is 1. The number of likely N-dealkylation sites (tertiary alicyclic amines) is 1. The zero-order valence-corrected chi connectivity index (χ0v) is 13.6. The molecule has 1 atom stereocenters. The van der Waals surface area contributed by atoms with Crippen molar-refractivity contribution in [3.05, 3.63) is 47.7 Å². The third-order valence-corrected chi connectivity index (χ3v) is 4.81. The van der Waals surface area contributed by atoms with Gasteiger partial charge in [0.05, 0.1) is 0 Å². The van der Waals surface area contributed by atoms with Gasteiger partial charge >= 0.3 is 0 Å². The number of rotatable bonds is 3. The van der Waals surface area contributed by atoms with Crippen molar-refractivity contribution >= 4 is 11.7 Å². The summed E-state index contributed by atoms with van der Waals surface area (Å²) in [4.78, 5) is 27.5. The second-order valence-electron chi connectivity index (χ2n) is 6.45. The van der Waals surface area contributed by atoms with Crippen molar-refractivity contribution < 1.29 is 4.79 Å². The van der Waals surface area contributed by atoms with Crippen molar-refractivity contribution in [1.82, 2.24) is 19.9 Å². The highest BCUT2D eigenvalue weighted by atomic mass is 16.2. The molecule has 6 nitrogen and oxygen atoms in total. The fourth-order valence-corrected chi connectivity index (χ4v) is 3.61. The molecule has 124 valence electrons. The van der Waals surface area contributed by atoms with E-state index in [-0.39, 0.29) is 11.9 Å². The van der Waals surface area contributed by atoms with Gasteiger partial charge in [-0.1, -0.05) is 6.07 Å². The van der Waals surface area contributed by atoms with E-state index in [0.29, 0.717) is 12.2 Å². The Hall–Kier alpha value is -2.50. The molecule has 0 aromatic carbocycles. The van der Waals surface area contributed by atoms with E-state index < -0.39 is 0 Å². The van der Waals surface area contributed by atoms with Crippen LogP contribution < -0.4 is 5.32 Å². The van der Waals surface area contributed by atoms with E-state index in [0.717, 1.165) is 44.5 Å². The molecule has 24 heavy (non-hydrogen) atoms. The van der Waals surface area contributed by atoms with E-state index in [9.17, 15) is 4.79 Å². The number of hydrogen-bond donors (Lipinski definition) is 1. The van der Waals surface area contributed by atoms with Gasteiger partial charge in [-0.2, -0.15) is 0 Å². The number of pyridine rings is 1. The molecule has 3 heterocycles. The summed E-state index contributed by atoms with van der Waals surface area (Å²) < 4.78 is 0. The fraction of sp³-hybridized carbons (Fsp3) is 0.444. The number of carbonyl (C=O) groups excluding carboxylic acids is 1. The molecule has 6 heteroatoms. The SMILES string of the molecule is O=C(c1ccccn1)N1CCC[C@H](Nc2ncnc3c2CCC3)C1. The lowest BCUT2D eigenvalue weighted by molar-refractivity contribution is 0.0708. The maximum atomic E-state index is 12.6. The molecule has 2 aromatic rings. The van der Waals surface area contributed by atoms with Gasteiger partial charge in [-0.05, 0) is 44.2 Å². The van der Waals surface area contributed by atoms with E-state index in [4.69, 9.17) is 0 Å². The summed E-state index contributed by atoms with van der Waals surface area (Å²) in [5.41, 5.74) is 2.94. The molecule has 0 unspecified atom stereocenters. The van der Waals surface area contributed by atoms with E-state index in [1.807, 2.05) is 17.0 Å². The van der Waals surface area contributed by atoms with Crippen LogP contribution in [0.3, 0.4) is 0 Å². The molecule has 1 aliphatic heterocycles. The number of amides is 1. The van der Waals surface area contributed by atoms with Crippen molar-refractivity contribution in [3.63, 3.8) is 0 Å². The molecule has 1 N–H and O–H groups in total. The molecular formula is C18H21N5O. The molecule has 0 saturated carbocycles. The van der Waals surface area contributed by atoms with Crippen molar-refractivity contribution in [2.24, 2.45) is 0 Å². The summed E-state index contributed by atoms with van der Waals surface area (Å²) in [5.74, 6) is 0.963. The zero-order chi connectivity index (χ0) is 16.4. The molecule has 2 aliphatic rings. The summed E-state index contributed by atoms with van der Waals surface area (Å²) in [5, 5.41) is 3.55. The summed E-state index contributed by atoms with van der Waals surface area (Å²) in [6.07, 6.45) is 8.58. The van der Waals surface area contributed by atoms with Crippen LogP contribution in [0.5, 0.6) is 0 Å². The second-order valence-corrected chi connectivity index (χ2v) is 6.45. The number of piperidine rings is 1. The van der Waals surface area contributed by atoms with Crippen LogP contribution in [-0.4, -0.2) is 44.9 Å². The summed E-state index contributed by atoms with van der Waals surface area (Å²) >= 11 is 0. The highest BCUT2D eigenvalue weighted by molar-refractivity contribution is 5.92. The van der Waals surface area contributed by atoms with Crippen molar-refractivity contribution in [1.29, 1.82) is 0 Å². The molecule has 4 rings (SSSR count). The third-order valence-electron chi connectivity index (χ3n) is 4.81. The van der Waals surface area contributed by atoms with Gasteiger partial charge in [-0.15, -0.1) is 0 Å². The minimum atomic E-state index is 0.00927. The van der Waals surface area contributed by atoms with Crippen LogP contribution in [0.1, 0.15) is 41.0 Å². The highest BCUT2D eigenvalue weighted by Gasteiger charge is 2.26. The van der Waals surface area contributed by atoms with Crippen LogP contribution >= 0.6 is 0 Å². The molecular weight excluding hydrogens is 302 g/mol. The number of aromatic nitrogens is 3. The van der Waals surface area contributed by atoms with Crippen molar-refractivity contribution in [3.8, 4) is 0 Å². The average Bonchev–Trinajstić information content (AvgIpc) is 3.12. The second kappa shape index (κ2) is 6.55. The number of nitrogens with one attached hydrogen (secondary N) is 1. The Morgan fingerprint density at radius 2 is 2.12 bits per heavy atom. The number of carbonyl (C=O) groups is 1. The molecule has 1 saturated heterocycles. The zero-order valence-electron chi connectivity index (χ0n) is 13.6. The average molecular weight is 323 g/mol. The molecule has 1 aliphatic carbocycles. The number of anilines is 1. The molecule has 2 aromatic heterocycles. The van der Waals surface area contributed by atoms with Crippen molar-refractivity contribution in [2.45, 2.75) is 38.1 Å². The van der Waals surface area contributed by atoms with E-state index in [1.54, 1.807) is 18.6 Å². The Balaban J connectivity index is 1.46. The first-order valence-corrected chi connectivity index (χ1v) is 8.61. The van der Waals surface area contributed by atoms with E-state index >= 15 is 0 Å². The first kappa shape index (κ1) is 15.1. The quantitative estimate of drug-likeness (QED) is 0.936. The van der Waals surface area contributed by atoms with Crippen LogP contribution in [0.25, 0.3) is 0 Å². The molecule has 1 amide bonds. The minimum absolute atomic E-state index is 0.00927. The van der Waals surface area contributed by atoms with E-state index in [2.05, 4.69) is 20.3 Å². The van der Waals surface area contributed by atoms with E-state index in [1.165, 1.54) is 11.3 Å². The van der Waals surface area contributed by atoms with Crippen LogP contribution in [0.15, 0.2) is 30.7 Å². The summed E-state index contributed by atoms with van der Waals surface area (Å²) in [6.45, 7) is 1.48. The van der Waals surface area contributed by atoms with Gasteiger partial charge < -0.3 is 10.2 Å². The van der Waals surface area contributed by atoms with Crippen LogP contribution in [0, 0.1) is 0 Å². The lowest BCUT2D eigenvalue weighted by Gasteiger charge is -2.33. The number of aryl methyl sites for hydroxylation is 1. The number of hydrogen-bond acceptors (Lipinski definition) is 5. The van der Waals surface area contributed by atoms with Crippen molar-refractivity contribution in [2.75, 3.05) is 18.4 Å². The highest BCUT2D eigenvalue weighted by Crippen LogP contribution is 2.26.